The van der Waals surface area contributed by atoms with Gasteiger partial charge in [-0.25, -0.2) is 8.42 Å². The van der Waals surface area contributed by atoms with Crippen molar-refractivity contribution in [1.82, 2.24) is 4.98 Å². The third-order valence-electron chi connectivity index (χ3n) is 4.61. The summed E-state index contributed by atoms with van der Waals surface area (Å²) in [6.45, 7) is 4.12. The van der Waals surface area contributed by atoms with Crippen LogP contribution < -0.4 is 14.4 Å². The molecule has 1 heterocycles. The van der Waals surface area contributed by atoms with Crippen LogP contribution in [0.4, 0.5) is 11.4 Å². The van der Waals surface area contributed by atoms with Gasteiger partial charge in [0.1, 0.15) is 18.9 Å². The second kappa shape index (κ2) is 11.3. The summed E-state index contributed by atoms with van der Waals surface area (Å²) in [6.07, 6.45) is 3.39. The summed E-state index contributed by atoms with van der Waals surface area (Å²) in [5, 5.41) is 3.22. The van der Waals surface area contributed by atoms with Gasteiger partial charge in [0.15, 0.2) is 0 Å². The van der Waals surface area contributed by atoms with Gasteiger partial charge < -0.3 is 14.8 Å². The van der Waals surface area contributed by atoms with Crippen molar-refractivity contribution in [3.63, 3.8) is 0 Å². The Labute approximate surface area is 194 Å². The standard InChI is InChI=1S/C24H27N3O5S/c1-3-31-24(28)18-27(33(29,30)23-7-5-4-6-8-23)21-15-19(2)16-22(17-21)32-14-13-26-20-9-11-25-12-10-20/h4-12,15-17H,3,13-14,18H2,1-2H3,(H,25,26). The molecule has 174 valence electrons. The number of rotatable bonds is 11. The number of hydrogen-bond acceptors (Lipinski definition) is 7. The van der Waals surface area contributed by atoms with Crippen molar-refractivity contribution >= 4 is 27.4 Å². The van der Waals surface area contributed by atoms with E-state index in [-0.39, 0.29) is 11.5 Å². The van der Waals surface area contributed by atoms with Crippen molar-refractivity contribution in [2.24, 2.45) is 0 Å². The Hall–Kier alpha value is -3.59. The number of pyridine rings is 1. The first-order valence-corrected chi connectivity index (χ1v) is 12.0. The van der Waals surface area contributed by atoms with Crippen LogP contribution in [0.1, 0.15) is 12.5 Å². The summed E-state index contributed by atoms with van der Waals surface area (Å²) in [4.78, 5) is 16.3. The molecule has 0 spiro atoms. The Morgan fingerprint density at radius 2 is 1.79 bits per heavy atom. The van der Waals surface area contributed by atoms with Gasteiger partial charge >= 0.3 is 5.97 Å². The second-order valence-electron chi connectivity index (χ2n) is 7.15. The lowest BCUT2D eigenvalue weighted by Crippen LogP contribution is -2.36. The van der Waals surface area contributed by atoms with Gasteiger partial charge in [-0.3, -0.25) is 14.1 Å². The summed E-state index contributed by atoms with van der Waals surface area (Å²) in [5.74, 6) is -0.138. The van der Waals surface area contributed by atoms with E-state index in [9.17, 15) is 13.2 Å². The molecule has 0 radical (unpaired) electrons. The number of nitrogens with one attached hydrogen (secondary N) is 1. The van der Waals surface area contributed by atoms with E-state index < -0.39 is 22.5 Å². The van der Waals surface area contributed by atoms with Crippen LogP contribution in [0.25, 0.3) is 0 Å². The Balaban J connectivity index is 1.82. The summed E-state index contributed by atoms with van der Waals surface area (Å²) in [6, 6.07) is 16.8. The van der Waals surface area contributed by atoms with E-state index in [1.54, 1.807) is 49.6 Å². The molecule has 1 N–H and O–H groups in total. The molecule has 0 aliphatic carbocycles. The average molecular weight is 470 g/mol. The van der Waals surface area contributed by atoms with Gasteiger partial charge in [-0.1, -0.05) is 18.2 Å². The fraction of sp³-hybridized carbons (Fsp3) is 0.250. The maximum Gasteiger partial charge on any atom is 0.326 e. The summed E-state index contributed by atoms with van der Waals surface area (Å²) >= 11 is 0. The Bertz CT molecular complexity index is 1160. The molecule has 0 unspecified atom stereocenters. The maximum atomic E-state index is 13.4. The molecule has 3 aromatic rings. The van der Waals surface area contributed by atoms with Crippen molar-refractivity contribution in [2.45, 2.75) is 18.7 Å². The highest BCUT2D eigenvalue weighted by Crippen LogP contribution is 2.29. The van der Waals surface area contributed by atoms with E-state index in [1.165, 1.54) is 12.1 Å². The van der Waals surface area contributed by atoms with Crippen molar-refractivity contribution in [1.29, 1.82) is 0 Å². The van der Waals surface area contributed by atoms with Gasteiger partial charge in [0.2, 0.25) is 0 Å². The van der Waals surface area contributed by atoms with Crippen LogP contribution in [0.3, 0.4) is 0 Å². The largest absolute Gasteiger partial charge is 0.492 e. The molecular formula is C24H27N3O5S. The molecule has 0 saturated carbocycles. The minimum Gasteiger partial charge on any atom is -0.492 e. The molecular weight excluding hydrogens is 442 g/mol. The Kier molecular flexibility index (Phi) is 8.26. The zero-order valence-corrected chi connectivity index (χ0v) is 19.4. The van der Waals surface area contributed by atoms with Gasteiger partial charge in [-0.2, -0.15) is 0 Å². The molecule has 9 heteroatoms. The summed E-state index contributed by atoms with van der Waals surface area (Å²) in [5.41, 5.74) is 2.04. The zero-order chi connectivity index (χ0) is 23.7. The quantitative estimate of drug-likeness (QED) is 0.338. The Morgan fingerprint density at radius 1 is 1.06 bits per heavy atom. The van der Waals surface area contributed by atoms with Crippen LogP contribution in [0.2, 0.25) is 0 Å². The molecule has 0 aliphatic heterocycles. The van der Waals surface area contributed by atoms with Crippen LogP contribution in [-0.2, 0) is 19.6 Å². The predicted octanol–water partition coefficient (Wildman–Crippen LogP) is 3.64. The minimum atomic E-state index is -4.00. The number of hydrogen-bond donors (Lipinski definition) is 1. The van der Waals surface area contributed by atoms with E-state index in [2.05, 4.69) is 10.3 Å². The molecule has 3 rings (SSSR count). The van der Waals surface area contributed by atoms with Crippen molar-refractivity contribution < 1.29 is 22.7 Å². The highest BCUT2D eigenvalue weighted by molar-refractivity contribution is 7.92. The summed E-state index contributed by atoms with van der Waals surface area (Å²) < 4.78 is 38.7. The van der Waals surface area contributed by atoms with Crippen LogP contribution in [0, 0.1) is 6.92 Å². The van der Waals surface area contributed by atoms with Crippen LogP contribution >= 0.6 is 0 Å². The fourth-order valence-electron chi connectivity index (χ4n) is 3.15. The topological polar surface area (TPSA) is 97.8 Å². The van der Waals surface area contributed by atoms with Crippen molar-refractivity contribution in [3.8, 4) is 5.75 Å². The highest BCUT2D eigenvalue weighted by atomic mass is 32.2. The van der Waals surface area contributed by atoms with Gasteiger partial charge in [-0.15, -0.1) is 0 Å². The normalized spacial score (nSPS) is 11.0. The summed E-state index contributed by atoms with van der Waals surface area (Å²) in [7, 11) is -4.00. The van der Waals surface area contributed by atoms with Crippen LogP contribution in [-0.4, -0.2) is 45.7 Å². The fourth-order valence-corrected chi connectivity index (χ4v) is 4.56. The molecule has 2 aromatic carbocycles. The molecule has 0 bridgehead atoms. The lowest BCUT2D eigenvalue weighted by atomic mass is 10.2. The Morgan fingerprint density at radius 3 is 2.48 bits per heavy atom. The first kappa shape index (κ1) is 24.1. The smallest absolute Gasteiger partial charge is 0.326 e. The number of carbonyl (C=O) groups excluding carboxylic acids is 1. The highest BCUT2D eigenvalue weighted by Gasteiger charge is 2.28. The number of carbonyl (C=O) groups is 1. The lowest BCUT2D eigenvalue weighted by molar-refractivity contribution is -0.141. The first-order valence-electron chi connectivity index (χ1n) is 10.5. The number of aromatic nitrogens is 1. The third kappa shape index (κ3) is 6.69. The lowest BCUT2D eigenvalue weighted by Gasteiger charge is -2.24. The van der Waals surface area contributed by atoms with Crippen LogP contribution in [0.15, 0.2) is 78.0 Å². The van der Waals surface area contributed by atoms with E-state index in [0.717, 1.165) is 15.6 Å². The zero-order valence-electron chi connectivity index (χ0n) is 18.6. The van der Waals surface area contributed by atoms with Crippen molar-refractivity contribution in [3.05, 3.63) is 78.6 Å². The molecule has 0 saturated heterocycles. The molecule has 0 fully saturated rings. The monoisotopic (exact) mass is 469 g/mol. The van der Waals surface area contributed by atoms with E-state index in [1.807, 2.05) is 25.1 Å². The molecule has 0 aliphatic rings. The van der Waals surface area contributed by atoms with Gasteiger partial charge in [0, 0.05) is 30.7 Å². The second-order valence-corrected chi connectivity index (χ2v) is 9.01. The third-order valence-corrected chi connectivity index (χ3v) is 6.40. The number of anilines is 2. The number of ether oxygens (including phenoxy) is 2. The average Bonchev–Trinajstić information content (AvgIpc) is 2.81. The molecule has 0 atom stereocenters. The number of esters is 1. The van der Waals surface area contributed by atoms with Gasteiger partial charge in [-0.05, 0) is 55.8 Å². The number of aryl methyl sites for hydroxylation is 1. The predicted molar refractivity (Wildman–Crippen MR) is 127 cm³/mol. The maximum absolute atomic E-state index is 13.4. The molecule has 0 amide bonds. The van der Waals surface area contributed by atoms with E-state index in [0.29, 0.717) is 24.6 Å². The van der Waals surface area contributed by atoms with Crippen molar-refractivity contribution in [2.75, 3.05) is 35.9 Å². The van der Waals surface area contributed by atoms with Gasteiger partial charge in [0.05, 0.1) is 17.2 Å². The van der Waals surface area contributed by atoms with Gasteiger partial charge in [0.25, 0.3) is 10.0 Å². The van der Waals surface area contributed by atoms with E-state index in [4.69, 9.17) is 9.47 Å². The van der Waals surface area contributed by atoms with Crippen LogP contribution in [0.5, 0.6) is 5.75 Å². The number of sulfonamides is 1. The molecule has 33 heavy (non-hydrogen) atoms. The van der Waals surface area contributed by atoms with E-state index >= 15 is 0 Å². The molecule has 8 nitrogen and oxygen atoms in total. The number of nitrogens with zero attached hydrogens (tertiary/aromatic N) is 2. The first-order chi connectivity index (χ1) is 15.9. The minimum absolute atomic E-state index is 0.0832. The number of benzene rings is 2. The SMILES string of the molecule is CCOC(=O)CN(c1cc(C)cc(OCCNc2ccncc2)c1)S(=O)(=O)c1ccccc1. The molecule has 1 aromatic heterocycles.